The normalized spacial score (nSPS) is 10.2. The molecule has 0 aliphatic heterocycles. The van der Waals surface area contributed by atoms with Crippen molar-refractivity contribution >= 4 is 23.2 Å². The van der Waals surface area contributed by atoms with Gasteiger partial charge in [-0.1, -0.05) is 6.07 Å². The molecule has 2 rings (SSSR count). The van der Waals surface area contributed by atoms with E-state index in [1.165, 1.54) is 12.1 Å². The minimum Gasteiger partial charge on any atom is -0.477 e. The highest BCUT2D eigenvalue weighted by Crippen LogP contribution is 2.16. The Hall–Kier alpha value is -2.21. The van der Waals surface area contributed by atoms with Crippen LogP contribution in [0.15, 0.2) is 30.5 Å². The molecule has 0 saturated heterocycles. The van der Waals surface area contributed by atoms with Crippen molar-refractivity contribution in [2.24, 2.45) is 0 Å². The highest BCUT2D eigenvalue weighted by Gasteiger charge is 2.12. The Kier molecular flexibility index (Phi) is 3.91. The van der Waals surface area contributed by atoms with E-state index in [2.05, 4.69) is 10.3 Å². The third kappa shape index (κ3) is 3.38. The molecule has 0 aromatic carbocycles. The van der Waals surface area contributed by atoms with Crippen molar-refractivity contribution in [2.75, 3.05) is 0 Å². The lowest BCUT2D eigenvalue weighted by Gasteiger charge is -2.03. The van der Waals surface area contributed by atoms with Crippen molar-refractivity contribution in [1.82, 2.24) is 10.3 Å². The lowest BCUT2D eigenvalue weighted by Crippen LogP contribution is -2.21. The first-order valence-corrected chi connectivity index (χ1v) is 6.41. The van der Waals surface area contributed by atoms with Crippen LogP contribution in [-0.2, 0) is 6.54 Å². The number of aryl methyl sites for hydroxylation is 1. The van der Waals surface area contributed by atoms with Crippen LogP contribution in [0, 0.1) is 6.92 Å². The minimum absolute atomic E-state index is 0.155. The molecule has 6 heteroatoms. The third-order valence-corrected chi connectivity index (χ3v) is 3.54. The summed E-state index contributed by atoms with van der Waals surface area (Å²) in [6.45, 7) is 2.26. The Labute approximate surface area is 113 Å². The molecule has 0 saturated carbocycles. The summed E-state index contributed by atoms with van der Waals surface area (Å²) < 4.78 is 0. The van der Waals surface area contributed by atoms with Crippen molar-refractivity contribution in [3.05, 3.63) is 51.5 Å². The first-order valence-electron chi connectivity index (χ1n) is 5.59. The van der Waals surface area contributed by atoms with Gasteiger partial charge in [0.2, 0.25) is 0 Å². The number of aromatic carboxylic acids is 1. The number of thiophene rings is 1. The molecule has 2 N–H and O–H groups in total. The molecule has 0 atom stereocenters. The average Bonchev–Trinajstić information content (AvgIpc) is 2.87. The van der Waals surface area contributed by atoms with E-state index >= 15 is 0 Å². The highest BCUT2D eigenvalue weighted by molar-refractivity contribution is 7.15. The van der Waals surface area contributed by atoms with Gasteiger partial charge in [0.05, 0.1) is 4.88 Å². The maximum atomic E-state index is 11.8. The molecule has 0 radical (unpaired) electrons. The number of nitrogens with zero attached hydrogens (tertiary/aromatic N) is 1. The van der Waals surface area contributed by atoms with Crippen molar-refractivity contribution in [2.45, 2.75) is 13.5 Å². The standard InChI is InChI=1S/C13H12N2O3S/c1-8-2-3-9(6-14-8)7-15-12(16)10-4-5-11(19-10)13(17)18/h2-6H,7H2,1H3,(H,15,16)(H,17,18). The summed E-state index contributed by atoms with van der Waals surface area (Å²) in [6, 6.07) is 6.70. The molecular formula is C13H12N2O3S. The Balaban J connectivity index is 1.97. The predicted molar refractivity (Wildman–Crippen MR) is 71.4 cm³/mol. The zero-order chi connectivity index (χ0) is 13.8. The van der Waals surface area contributed by atoms with Crippen LogP contribution >= 0.6 is 11.3 Å². The number of carboxylic acids is 1. The lowest BCUT2D eigenvalue weighted by molar-refractivity contribution is 0.0702. The molecule has 98 valence electrons. The van der Waals surface area contributed by atoms with Crippen molar-refractivity contribution in [1.29, 1.82) is 0 Å². The van der Waals surface area contributed by atoms with E-state index in [1.807, 2.05) is 19.1 Å². The molecule has 0 spiro atoms. The molecule has 2 heterocycles. The van der Waals surface area contributed by atoms with E-state index < -0.39 is 5.97 Å². The van der Waals surface area contributed by atoms with Gasteiger partial charge < -0.3 is 10.4 Å². The monoisotopic (exact) mass is 276 g/mol. The van der Waals surface area contributed by atoms with Gasteiger partial charge in [0, 0.05) is 18.4 Å². The number of carbonyl (C=O) groups is 2. The number of hydrogen-bond donors (Lipinski definition) is 2. The van der Waals surface area contributed by atoms with E-state index in [9.17, 15) is 9.59 Å². The van der Waals surface area contributed by atoms with E-state index in [-0.39, 0.29) is 10.8 Å². The van der Waals surface area contributed by atoms with Crippen LogP contribution < -0.4 is 5.32 Å². The molecule has 2 aromatic rings. The molecule has 0 aliphatic carbocycles. The van der Waals surface area contributed by atoms with Crippen molar-refractivity contribution in [3.63, 3.8) is 0 Å². The Bertz CT molecular complexity index is 605. The van der Waals surface area contributed by atoms with Gasteiger partial charge in [0.15, 0.2) is 0 Å². The zero-order valence-electron chi connectivity index (χ0n) is 10.2. The van der Waals surface area contributed by atoms with Gasteiger partial charge in [-0.15, -0.1) is 11.3 Å². The topological polar surface area (TPSA) is 79.3 Å². The molecule has 2 aromatic heterocycles. The second kappa shape index (κ2) is 5.62. The quantitative estimate of drug-likeness (QED) is 0.896. The van der Waals surface area contributed by atoms with E-state index in [0.29, 0.717) is 11.4 Å². The Morgan fingerprint density at radius 1 is 1.26 bits per heavy atom. The molecule has 0 unspecified atom stereocenters. The van der Waals surface area contributed by atoms with Crippen LogP contribution in [0.25, 0.3) is 0 Å². The fourth-order valence-corrected chi connectivity index (χ4v) is 2.21. The summed E-state index contributed by atoms with van der Waals surface area (Å²) in [4.78, 5) is 27.2. The summed E-state index contributed by atoms with van der Waals surface area (Å²) in [5.41, 5.74) is 1.81. The molecule has 0 fully saturated rings. The summed E-state index contributed by atoms with van der Waals surface area (Å²) >= 11 is 0.959. The number of rotatable bonds is 4. The number of aromatic nitrogens is 1. The van der Waals surface area contributed by atoms with Crippen LogP contribution in [0.4, 0.5) is 0 Å². The highest BCUT2D eigenvalue weighted by atomic mass is 32.1. The van der Waals surface area contributed by atoms with Crippen LogP contribution in [0.1, 0.15) is 30.6 Å². The lowest BCUT2D eigenvalue weighted by atomic mass is 10.2. The summed E-state index contributed by atoms with van der Waals surface area (Å²) in [6.07, 6.45) is 1.70. The number of pyridine rings is 1. The smallest absolute Gasteiger partial charge is 0.345 e. The van der Waals surface area contributed by atoms with Gasteiger partial charge in [-0.2, -0.15) is 0 Å². The average molecular weight is 276 g/mol. The van der Waals surface area contributed by atoms with Crippen molar-refractivity contribution in [3.8, 4) is 0 Å². The number of hydrogen-bond acceptors (Lipinski definition) is 4. The molecule has 0 bridgehead atoms. The fourth-order valence-electron chi connectivity index (χ4n) is 1.45. The maximum absolute atomic E-state index is 11.8. The third-order valence-electron chi connectivity index (χ3n) is 2.47. The van der Waals surface area contributed by atoms with Crippen molar-refractivity contribution < 1.29 is 14.7 Å². The maximum Gasteiger partial charge on any atom is 0.345 e. The molecular weight excluding hydrogens is 264 g/mol. The molecule has 0 aliphatic rings. The largest absolute Gasteiger partial charge is 0.477 e. The summed E-state index contributed by atoms with van der Waals surface area (Å²) in [7, 11) is 0. The number of carbonyl (C=O) groups excluding carboxylic acids is 1. The molecule has 19 heavy (non-hydrogen) atoms. The number of amides is 1. The van der Waals surface area contributed by atoms with Crippen LogP contribution in [0.2, 0.25) is 0 Å². The van der Waals surface area contributed by atoms with E-state index in [1.54, 1.807) is 6.20 Å². The van der Waals surface area contributed by atoms with Gasteiger partial charge in [0.1, 0.15) is 4.88 Å². The first kappa shape index (κ1) is 13.2. The second-order valence-corrected chi connectivity index (χ2v) is 5.04. The Morgan fingerprint density at radius 2 is 2.00 bits per heavy atom. The van der Waals surface area contributed by atoms with Gasteiger partial charge in [-0.05, 0) is 30.7 Å². The number of nitrogens with one attached hydrogen (secondary N) is 1. The van der Waals surface area contributed by atoms with Gasteiger partial charge in [0.25, 0.3) is 5.91 Å². The predicted octanol–water partition coefficient (Wildman–Crippen LogP) is 2.08. The van der Waals surface area contributed by atoms with Gasteiger partial charge >= 0.3 is 5.97 Å². The van der Waals surface area contributed by atoms with E-state index in [4.69, 9.17) is 5.11 Å². The second-order valence-electron chi connectivity index (χ2n) is 3.96. The van der Waals surface area contributed by atoms with Gasteiger partial charge in [-0.25, -0.2) is 4.79 Å². The fraction of sp³-hybridized carbons (Fsp3) is 0.154. The minimum atomic E-state index is -1.02. The first-order chi connectivity index (χ1) is 9.06. The molecule has 5 nitrogen and oxygen atoms in total. The molecule has 1 amide bonds. The van der Waals surface area contributed by atoms with Gasteiger partial charge in [-0.3, -0.25) is 9.78 Å². The number of carboxylic acid groups (broad SMARTS) is 1. The van der Waals surface area contributed by atoms with E-state index in [0.717, 1.165) is 22.6 Å². The Morgan fingerprint density at radius 3 is 2.58 bits per heavy atom. The zero-order valence-corrected chi connectivity index (χ0v) is 11.0. The van der Waals surface area contributed by atoms with Crippen LogP contribution in [-0.4, -0.2) is 22.0 Å². The van der Waals surface area contributed by atoms with Crippen LogP contribution in [0.3, 0.4) is 0 Å². The summed E-state index contributed by atoms with van der Waals surface area (Å²) in [5, 5.41) is 11.5. The summed E-state index contributed by atoms with van der Waals surface area (Å²) in [5.74, 6) is -1.30. The van der Waals surface area contributed by atoms with Crippen LogP contribution in [0.5, 0.6) is 0 Å². The SMILES string of the molecule is Cc1ccc(CNC(=O)c2ccc(C(=O)O)s2)cn1.